The number of aliphatic hydroxyl groups is 1. The van der Waals surface area contributed by atoms with Crippen LogP contribution in [0.2, 0.25) is 0 Å². The van der Waals surface area contributed by atoms with Gasteiger partial charge in [-0.25, -0.2) is 0 Å². The van der Waals surface area contributed by atoms with Gasteiger partial charge in [0.1, 0.15) is 5.75 Å². The average molecular weight is 279 g/mol. The number of aryl methyl sites for hydroxylation is 1. The highest BCUT2D eigenvalue weighted by molar-refractivity contribution is 5.41. The molecule has 1 saturated carbocycles. The lowest BCUT2D eigenvalue weighted by Gasteiger charge is -2.35. The fraction of sp³-hybridized carbons (Fsp3) is 0.688. The van der Waals surface area contributed by atoms with Crippen LogP contribution < -0.4 is 4.74 Å². The van der Waals surface area contributed by atoms with E-state index in [1.165, 1.54) is 0 Å². The summed E-state index contributed by atoms with van der Waals surface area (Å²) < 4.78 is 10.8. The number of ether oxygens (including phenoxy) is 2. The van der Waals surface area contributed by atoms with E-state index in [-0.39, 0.29) is 6.10 Å². The van der Waals surface area contributed by atoms with E-state index in [0.29, 0.717) is 6.42 Å². The second-order valence-corrected chi connectivity index (χ2v) is 5.88. The minimum Gasteiger partial charge on any atom is -0.496 e. The quantitative estimate of drug-likeness (QED) is 0.920. The summed E-state index contributed by atoms with van der Waals surface area (Å²) >= 11 is 0. The molecule has 0 amide bonds. The lowest BCUT2D eigenvalue weighted by Crippen LogP contribution is -2.38. The molecule has 112 valence electrons. The van der Waals surface area contributed by atoms with Crippen LogP contribution in [0.5, 0.6) is 5.75 Å². The lowest BCUT2D eigenvalue weighted by molar-refractivity contribution is -0.0433. The highest BCUT2D eigenvalue weighted by Gasteiger charge is 2.34. The molecule has 0 bridgehead atoms. The summed E-state index contributed by atoms with van der Waals surface area (Å²) in [6.07, 6.45) is 6.06. The Bertz CT molecular complexity index is 465. The zero-order valence-corrected chi connectivity index (χ0v) is 12.9. The van der Waals surface area contributed by atoms with Crippen molar-refractivity contribution in [1.29, 1.82) is 0 Å². The van der Waals surface area contributed by atoms with Crippen LogP contribution >= 0.6 is 0 Å². The number of pyridine rings is 1. The van der Waals surface area contributed by atoms with Crippen molar-refractivity contribution in [3.63, 3.8) is 0 Å². The molecule has 1 heterocycles. The van der Waals surface area contributed by atoms with Crippen LogP contribution in [-0.2, 0) is 11.2 Å². The summed E-state index contributed by atoms with van der Waals surface area (Å²) in [6.45, 7) is 4.00. The Morgan fingerprint density at radius 2 is 1.95 bits per heavy atom. The molecule has 2 rings (SSSR count). The van der Waals surface area contributed by atoms with E-state index in [2.05, 4.69) is 4.98 Å². The van der Waals surface area contributed by atoms with Crippen LogP contribution in [-0.4, -0.2) is 36.0 Å². The molecule has 0 unspecified atom stereocenters. The molecule has 1 aliphatic rings. The highest BCUT2D eigenvalue weighted by atomic mass is 16.5. The summed E-state index contributed by atoms with van der Waals surface area (Å²) in [5.74, 6) is 0.879. The van der Waals surface area contributed by atoms with Crippen LogP contribution in [0.15, 0.2) is 6.20 Å². The number of hydrogen-bond donors (Lipinski definition) is 1. The van der Waals surface area contributed by atoms with Gasteiger partial charge in [0.2, 0.25) is 0 Å². The van der Waals surface area contributed by atoms with Gasteiger partial charge >= 0.3 is 0 Å². The van der Waals surface area contributed by atoms with E-state index in [1.807, 2.05) is 20.0 Å². The van der Waals surface area contributed by atoms with Crippen LogP contribution in [0.3, 0.4) is 0 Å². The van der Waals surface area contributed by atoms with Gasteiger partial charge in [-0.15, -0.1) is 0 Å². The van der Waals surface area contributed by atoms with Gasteiger partial charge in [-0.1, -0.05) is 0 Å². The number of nitrogens with zero attached hydrogens (tertiary/aromatic N) is 1. The van der Waals surface area contributed by atoms with E-state index in [9.17, 15) is 5.11 Å². The molecular weight excluding hydrogens is 254 g/mol. The summed E-state index contributed by atoms with van der Waals surface area (Å²) in [5, 5.41) is 10.8. The zero-order chi connectivity index (χ0) is 14.8. The highest BCUT2D eigenvalue weighted by Crippen LogP contribution is 2.34. The van der Waals surface area contributed by atoms with Crippen molar-refractivity contribution in [2.75, 3.05) is 14.2 Å². The third kappa shape index (κ3) is 3.13. The molecular formula is C16H25NO3. The molecule has 1 aliphatic carbocycles. The monoisotopic (exact) mass is 279 g/mol. The molecule has 1 aromatic rings. The first-order valence-electron chi connectivity index (χ1n) is 7.23. The van der Waals surface area contributed by atoms with E-state index in [0.717, 1.165) is 48.3 Å². The fourth-order valence-electron chi connectivity index (χ4n) is 3.10. The number of aromatic nitrogens is 1. The second kappa shape index (κ2) is 6.10. The molecule has 20 heavy (non-hydrogen) atoms. The summed E-state index contributed by atoms with van der Waals surface area (Å²) in [5.41, 5.74) is 2.34. The van der Waals surface area contributed by atoms with Crippen LogP contribution in [0.4, 0.5) is 0 Å². The molecule has 0 aliphatic heterocycles. The molecule has 1 fully saturated rings. The first-order chi connectivity index (χ1) is 9.49. The van der Waals surface area contributed by atoms with Crippen LogP contribution in [0.1, 0.15) is 42.5 Å². The summed E-state index contributed by atoms with van der Waals surface area (Å²) in [7, 11) is 3.42. The Kier molecular flexibility index (Phi) is 4.66. The average Bonchev–Trinajstić information content (AvgIpc) is 2.44. The SMILES string of the molecule is COc1c(C)cnc(CC2(O)CCC(OC)CC2)c1C. The number of methoxy groups -OCH3 is 2. The maximum atomic E-state index is 10.8. The van der Waals surface area contributed by atoms with Crippen molar-refractivity contribution < 1.29 is 14.6 Å². The van der Waals surface area contributed by atoms with Gasteiger partial charge in [0.15, 0.2) is 0 Å². The van der Waals surface area contributed by atoms with Crippen molar-refractivity contribution >= 4 is 0 Å². The summed E-state index contributed by atoms with van der Waals surface area (Å²) in [4.78, 5) is 4.49. The van der Waals surface area contributed by atoms with Crippen LogP contribution in [0, 0.1) is 13.8 Å². The maximum Gasteiger partial charge on any atom is 0.128 e. The predicted molar refractivity (Wildman–Crippen MR) is 78.2 cm³/mol. The largest absolute Gasteiger partial charge is 0.496 e. The fourth-order valence-corrected chi connectivity index (χ4v) is 3.10. The van der Waals surface area contributed by atoms with Crippen molar-refractivity contribution in [1.82, 2.24) is 4.98 Å². The number of hydrogen-bond acceptors (Lipinski definition) is 4. The van der Waals surface area contributed by atoms with E-state index in [1.54, 1.807) is 14.2 Å². The Labute approximate surface area is 121 Å². The standard InChI is InChI=1S/C16H25NO3/c1-11-10-17-14(12(2)15(11)20-4)9-16(18)7-5-13(19-3)6-8-16/h10,13,18H,5-9H2,1-4H3. The third-order valence-electron chi connectivity index (χ3n) is 4.44. The minimum absolute atomic E-state index is 0.289. The van der Waals surface area contributed by atoms with E-state index in [4.69, 9.17) is 9.47 Å². The molecule has 0 saturated heterocycles. The third-order valence-corrected chi connectivity index (χ3v) is 4.44. The Morgan fingerprint density at radius 1 is 1.30 bits per heavy atom. The molecule has 1 N–H and O–H groups in total. The first-order valence-corrected chi connectivity index (χ1v) is 7.23. The van der Waals surface area contributed by atoms with Crippen molar-refractivity contribution in [2.45, 2.75) is 57.7 Å². The van der Waals surface area contributed by atoms with Gasteiger partial charge < -0.3 is 14.6 Å². The van der Waals surface area contributed by atoms with Gasteiger partial charge in [-0.05, 0) is 39.5 Å². The van der Waals surface area contributed by atoms with Crippen molar-refractivity contribution in [3.8, 4) is 5.75 Å². The molecule has 4 heteroatoms. The Morgan fingerprint density at radius 3 is 2.50 bits per heavy atom. The molecule has 0 atom stereocenters. The van der Waals surface area contributed by atoms with Gasteiger partial charge in [0, 0.05) is 36.5 Å². The Balaban J connectivity index is 2.14. The normalized spacial score (nSPS) is 26.6. The second-order valence-electron chi connectivity index (χ2n) is 5.88. The van der Waals surface area contributed by atoms with Crippen molar-refractivity contribution in [2.24, 2.45) is 0 Å². The topological polar surface area (TPSA) is 51.6 Å². The van der Waals surface area contributed by atoms with E-state index >= 15 is 0 Å². The van der Waals surface area contributed by atoms with Crippen molar-refractivity contribution in [3.05, 3.63) is 23.0 Å². The van der Waals surface area contributed by atoms with Gasteiger partial charge in [-0.2, -0.15) is 0 Å². The molecule has 0 aromatic carbocycles. The minimum atomic E-state index is -0.660. The smallest absolute Gasteiger partial charge is 0.128 e. The molecule has 1 aromatic heterocycles. The van der Waals surface area contributed by atoms with Gasteiger partial charge in [0.25, 0.3) is 0 Å². The molecule has 0 spiro atoms. The predicted octanol–water partition coefficient (Wildman–Crippen LogP) is 2.57. The molecule has 4 nitrogen and oxygen atoms in total. The Hall–Kier alpha value is -1.13. The number of rotatable bonds is 4. The maximum absolute atomic E-state index is 10.8. The van der Waals surface area contributed by atoms with Gasteiger partial charge in [-0.3, -0.25) is 4.98 Å². The summed E-state index contributed by atoms with van der Waals surface area (Å²) in [6, 6.07) is 0. The zero-order valence-electron chi connectivity index (χ0n) is 12.9. The van der Waals surface area contributed by atoms with E-state index < -0.39 is 5.60 Å². The van der Waals surface area contributed by atoms with Gasteiger partial charge in [0.05, 0.1) is 18.8 Å². The van der Waals surface area contributed by atoms with Crippen LogP contribution in [0.25, 0.3) is 0 Å². The molecule has 0 radical (unpaired) electrons. The lowest BCUT2D eigenvalue weighted by atomic mass is 9.79. The first kappa shape index (κ1) is 15.3.